The van der Waals surface area contributed by atoms with Gasteiger partial charge in [-0.3, -0.25) is 0 Å². The van der Waals surface area contributed by atoms with Gasteiger partial charge in [-0.25, -0.2) is 0 Å². The average molecular weight is 361 g/mol. The van der Waals surface area contributed by atoms with Gasteiger partial charge in [0.2, 0.25) is 0 Å². The number of nitrogens with one attached hydrogen (secondary N) is 1. The van der Waals surface area contributed by atoms with E-state index in [2.05, 4.69) is 71.3 Å². The first-order chi connectivity index (χ1) is 12.9. The van der Waals surface area contributed by atoms with Gasteiger partial charge in [0.25, 0.3) is 0 Å². The monoisotopic (exact) mass is 360 g/mol. The van der Waals surface area contributed by atoms with Gasteiger partial charge in [0.1, 0.15) is 11.6 Å². The SMILES string of the molecule is Cc1ccc([C@](O)(c2ccccc2)c2ccccc2[C@H](C)[NH+](C)C)c(C)c1. The van der Waals surface area contributed by atoms with Crippen LogP contribution in [0.2, 0.25) is 0 Å². The van der Waals surface area contributed by atoms with E-state index in [4.69, 9.17) is 0 Å². The lowest BCUT2D eigenvalue weighted by atomic mass is 9.75. The molecule has 0 aliphatic heterocycles. The highest BCUT2D eigenvalue weighted by atomic mass is 16.3. The lowest BCUT2D eigenvalue weighted by molar-refractivity contribution is -0.890. The average Bonchev–Trinajstić information content (AvgIpc) is 2.67. The first kappa shape index (κ1) is 19.3. The summed E-state index contributed by atoms with van der Waals surface area (Å²) in [4.78, 5) is 1.33. The van der Waals surface area contributed by atoms with Crippen LogP contribution in [0.15, 0.2) is 72.8 Å². The van der Waals surface area contributed by atoms with Crippen molar-refractivity contribution in [1.29, 1.82) is 0 Å². The third-order valence-electron chi connectivity index (χ3n) is 5.65. The lowest BCUT2D eigenvalue weighted by Gasteiger charge is -2.34. The minimum Gasteiger partial charge on any atom is -0.376 e. The number of hydrogen-bond donors (Lipinski definition) is 2. The Hall–Kier alpha value is -2.42. The lowest BCUT2D eigenvalue weighted by Crippen LogP contribution is -3.05. The normalized spacial score (nSPS) is 14.8. The van der Waals surface area contributed by atoms with Crippen LogP contribution in [0.4, 0.5) is 0 Å². The van der Waals surface area contributed by atoms with E-state index in [1.165, 1.54) is 16.0 Å². The maximum Gasteiger partial charge on any atom is 0.141 e. The van der Waals surface area contributed by atoms with Crippen molar-refractivity contribution in [1.82, 2.24) is 0 Å². The summed E-state index contributed by atoms with van der Waals surface area (Å²) in [5.74, 6) is 0. The van der Waals surface area contributed by atoms with Crippen molar-refractivity contribution in [3.05, 3.63) is 106 Å². The summed E-state index contributed by atoms with van der Waals surface area (Å²) in [5.41, 5.74) is 5.06. The number of rotatable bonds is 5. The highest BCUT2D eigenvalue weighted by Gasteiger charge is 2.38. The summed E-state index contributed by atoms with van der Waals surface area (Å²) in [6.07, 6.45) is 0. The van der Waals surface area contributed by atoms with Crippen LogP contribution in [-0.4, -0.2) is 19.2 Å². The van der Waals surface area contributed by atoms with Crippen LogP contribution in [0.3, 0.4) is 0 Å². The van der Waals surface area contributed by atoms with Gasteiger partial charge >= 0.3 is 0 Å². The van der Waals surface area contributed by atoms with Crippen molar-refractivity contribution in [2.45, 2.75) is 32.4 Å². The fourth-order valence-corrected chi connectivity index (χ4v) is 3.87. The molecule has 0 aliphatic rings. The maximum atomic E-state index is 12.3. The highest BCUT2D eigenvalue weighted by molar-refractivity contribution is 5.53. The van der Waals surface area contributed by atoms with Crippen molar-refractivity contribution in [2.24, 2.45) is 0 Å². The molecule has 0 fully saturated rings. The van der Waals surface area contributed by atoms with Crippen LogP contribution < -0.4 is 4.90 Å². The van der Waals surface area contributed by atoms with Gasteiger partial charge in [-0.05, 0) is 37.5 Å². The predicted molar refractivity (Wildman–Crippen MR) is 112 cm³/mol. The molecule has 0 bridgehead atoms. The Balaban J connectivity index is 2.34. The van der Waals surface area contributed by atoms with Crippen LogP contribution in [-0.2, 0) is 5.60 Å². The molecule has 2 heteroatoms. The van der Waals surface area contributed by atoms with Crippen molar-refractivity contribution >= 4 is 0 Å². The molecule has 0 aliphatic carbocycles. The molecule has 27 heavy (non-hydrogen) atoms. The molecule has 0 heterocycles. The largest absolute Gasteiger partial charge is 0.376 e. The van der Waals surface area contributed by atoms with Gasteiger partial charge in [-0.1, -0.05) is 78.4 Å². The van der Waals surface area contributed by atoms with Gasteiger partial charge in [0, 0.05) is 11.1 Å². The van der Waals surface area contributed by atoms with Crippen molar-refractivity contribution in [3.8, 4) is 0 Å². The van der Waals surface area contributed by atoms with E-state index < -0.39 is 5.60 Å². The van der Waals surface area contributed by atoms with E-state index in [0.29, 0.717) is 0 Å². The highest BCUT2D eigenvalue weighted by Crippen LogP contribution is 2.41. The predicted octanol–water partition coefficient (Wildman–Crippen LogP) is 3.79. The van der Waals surface area contributed by atoms with Crippen LogP contribution in [0, 0.1) is 13.8 Å². The van der Waals surface area contributed by atoms with Crippen LogP contribution in [0.5, 0.6) is 0 Å². The number of benzene rings is 3. The van der Waals surface area contributed by atoms with E-state index in [1.807, 2.05) is 36.4 Å². The summed E-state index contributed by atoms with van der Waals surface area (Å²) in [6, 6.07) is 24.9. The second-order valence-electron chi connectivity index (χ2n) is 7.78. The molecular formula is C25H30NO+. The topological polar surface area (TPSA) is 24.7 Å². The summed E-state index contributed by atoms with van der Waals surface area (Å²) in [7, 11) is 4.31. The summed E-state index contributed by atoms with van der Waals surface area (Å²) >= 11 is 0. The number of hydrogen-bond acceptors (Lipinski definition) is 1. The van der Waals surface area contributed by atoms with Crippen molar-refractivity contribution in [3.63, 3.8) is 0 Å². The van der Waals surface area contributed by atoms with Crippen LogP contribution >= 0.6 is 0 Å². The minimum absolute atomic E-state index is 0.266. The van der Waals surface area contributed by atoms with Crippen LogP contribution in [0.1, 0.15) is 46.3 Å². The third-order valence-corrected chi connectivity index (χ3v) is 5.65. The maximum absolute atomic E-state index is 12.3. The Labute approximate surface area is 163 Å². The minimum atomic E-state index is -1.20. The zero-order valence-corrected chi connectivity index (χ0v) is 17.0. The molecule has 3 aromatic carbocycles. The Morgan fingerprint density at radius 1 is 0.815 bits per heavy atom. The molecule has 0 saturated heterocycles. The van der Waals surface area contributed by atoms with Gasteiger partial charge in [-0.15, -0.1) is 0 Å². The second-order valence-corrected chi connectivity index (χ2v) is 7.78. The molecule has 3 rings (SSSR count). The molecule has 3 aromatic rings. The van der Waals surface area contributed by atoms with E-state index in [9.17, 15) is 5.11 Å². The molecule has 0 saturated carbocycles. The molecule has 0 unspecified atom stereocenters. The summed E-state index contributed by atoms with van der Waals surface area (Å²) in [5, 5.41) is 12.3. The van der Waals surface area contributed by atoms with Crippen LogP contribution in [0.25, 0.3) is 0 Å². The number of quaternary nitrogens is 1. The number of aryl methyl sites for hydroxylation is 2. The van der Waals surface area contributed by atoms with Crippen molar-refractivity contribution in [2.75, 3.05) is 14.1 Å². The second kappa shape index (κ2) is 7.67. The van der Waals surface area contributed by atoms with E-state index in [-0.39, 0.29) is 6.04 Å². The smallest absolute Gasteiger partial charge is 0.141 e. The molecular weight excluding hydrogens is 330 g/mol. The van der Waals surface area contributed by atoms with E-state index in [0.717, 1.165) is 22.3 Å². The molecule has 2 N–H and O–H groups in total. The quantitative estimate of drug-likeness (QED) is 0.665. The van der Waals surface area contributed by atoms with E-state index in [1.54, 1.807) is 0 Å². The molecule has 0 aromatic heterocycles. The third kappa shape index (κ3) is 3.55. The Kier molecular flexibility index (Phi) is 5.50. The Morgan fingerprint density at radius 3 is 2.07 bits per heavy atom. The van der Waals surface area contributed by atoms with Gasteiger partial charge in [0.15, 0.2) is 0 Å². The number of aliphatic hydroxyl groups is 1. The van der Waals surface area contributed by atoms with Gasteiger partial charge in [0.05, 0.1) is 14.1 Å². The Bertz CT molecular complexity index is 917. The fourth-order valence-electron chi connectivity index (χ4n) is 3.87. The zero-order chi connectivity index (χ0) is 19.6. The molecule has 2 nitrogen and oxygen atoms in total. The van der Waals surface area contributed by atoms with Gasteiger partial charge < -0.3 is 10.0 Å². The molecule has 0 spiro atoms. The Morgan fingerprint density at radius 2 is 1.44 bits per heavy atom. The zero-order valence-electron chi connectivity index (χ0n) is 17.0. The first-order valence-corrected chi connectivity index (χ1v) is 9.60. The van der Waals surface area contributed by atoms with Crippen molar-refractivity contribution < 1.29 is 10.0 Å². The van der Waals surface area contributed by atoms with E-state index >= 15 is 0 Å². The molecule has 2 atom stereocenters. The standard InChI is InChI=1S/C25H29NO/c1-18-15-16-23(19(2)17-18)25(27,21-11-7-6-8-12-21)24-14-10-9-13-22(24)20(3)26(4)5/h6-17,20,27H,1-5H3/p+1/t20-,25+/m0/s1. The summed E-state index contributed by atoms with van der Waals surface area (Å²) in [6.45, 7) is 6.38. The van der Waals surface area contributed by atoms with Gasteiger partial charge in [-0.2, -0.15) is 0 Å². The fraction of sp³-hybridized carbons (Fsp3) is 0.280. The first-order valence-electron chi connectivity index (χ1n) is 9.60. The molecule has 140 valence electrons. The molecule has 0 amide bonds. The molecule has 0 radical (unpaired) electrons. The summed E-state index contributed by atoms with van der Waals surface area (Å²) < 4.78 is 0.